The van der Waals surface area contributed by atoms with Crippen molar-refractivity contribution in [2.45, 2.75) is 26.0 Å². The van der Waals surface area contributed by atoms with Gasteiger partial charge < -0.3 is 19.6 Å². The van der Waals surface area contributed by atoms with Gasteiger partial charge in [-0.3, -0.25) is 14.5 Å². The number of hydrogen-bond acceptors (Lipinski definition) is 5. The lowest BCUT2D eigenvalue weighted by Crippen LogP contribution is -2.50. The van der Waals surface area contributed by atoms with E-state index in [2.05, 4.69) is 27.1 Å². The highest BCUT2D eigenvalue weighted by Crippen LogP contribution is 2.27. The van der Waals surface area contributed by atoms with Gasteiger partial charge in [-0.1, -0.05) is 6.92 Å². The molecule has 26 heavy (non-hydrogen) atoms. The minimum absolute atomic E-state index is 0.0324. The predicted octanol–water partition coefficient (Wildman–Crippen LogP) is 0.609. The molecule has 3 heterocycles. The molecule has 0 radical (unpaired) electrons. The normalized spacial score (nSPS) is 20.9. The highest BCUT2D eigenvalue weighted by atomic mass is 16.5. The van der Waals surface area contributed by atoms with Crippen molar-refractivity contribution in [3.8, 4) is 0 Å². The Labute approximate surface area is 152 Å². The number of nitrogens with zero attached hydrogens (tertiary/aromatic N) is 3. The summed E-state index contributed by atoms with van der Waals surface area (Å²) in [5, 5.41) is 2.90. The van der Waals surface area contributed by atoms with Crippen molar-refractivity contribution >= 4 is 5.91 Å². The third-order valence-corrected chi connectivity index (χ3v) is 4.69. The van der Waals surface area contributed by atoms with Crippen molar-refractivity contribution in [3.63, 3.8) is 0 Å². The fourth-order valence-corrected chi connectivity index (χ4v) is 3.41. The van der Waals surface area contributed by atoms with Crippen molar-refractivity contribution in [3.05, 3.63) is 52.0 Å². The van der Waals surface area contributed by atoms with Gasteiger partial charge in [0, 0.05) is 49.9 Å². The van der Waals surface area contributed by atoms with Gasteiger partial charge in [0.05, 0.1) is 18.8 Å². The third kappa shape index (κ3) is 3.86. The molecule has 2 aromatic rings. The highest BCUT2D eigenvalue weighted by molar-refractivity contribution is 5.94. The molecule has 0 spiro atoms. The van der Waals surface area contributed by atoms with Crippen LogP contribution in [-0.4, -0.2) is 57.7 Å². The average Bonchev–Trinajstić information content (AvgIpc) is 3.03. The number of nitrogens with one attached hydrogen (secondary N) is 2. The van der Waals surface area contributed by atoms with Crippen molar-refractivity contribution in [1.82, 2.24) is 24.8 Å². The Morgan fingerprint density at radius 3 is 2.92 bits per heavy atom. The summed E-state index contributed by atoms with van der Waals surface area (Å²) in [6.45, 7) is 6.51. The van der Waals surface area contributed by atoms with E-state index in [-0.39, 0.29) is 23.6 Å². The number of carbonyl (C=O) groups excluding carboxylic acids is 1. The van der Waals surface area contributed by atoms with Crippen LogP contribution < -0.4 is 10.9 Å². The van der Waals surface area contributed by atoms with E-state index >= 15 is 0 Å². The Morgan fingerprint density at radius 2 is 2.27 bits per heavy atom. The number of likely N-dealkylation sites (N-methyl/N-ethyl adjacent to an activating group) is 1. The standard InChI is InChI=1S/C18H25N5O3/c1-4-23-7-8-26-14(16(23)17-19-5-6-22(17)3)11-20-18(25)13-9-12(2)21-15(24)10-13/h5-6,9-10,14,16H,4,7-8,11H2,1-3H3,(H,20,25)(H,21,24)/t14-,16+/m0/s1. The summed E-state index contributed by atoms with van der Waals surface area (Å²) < 4.78 is 7.94. The Morgan fingerprint density at radius 1 is 1.46 bits per heavy atom. The van der Waals surface area contributed by atoms with E-state index in [1.54, 1.807) is 19.2 Å². The Bertz CT molecular complexity index is 828. The molecule has 8 nitrogen and oxygen atoms in total. The Kier molecular flexibility index (Phi) is 5.53. The molecular weight excluding hydrogens is 334 g/mol. The first kappa shape index (κ1) is 18.3. The number of aromatic nitrogens is 3. The van der Waals surface area contributed by atoms with Crippen LogP contribution in [-0.2, 0) is 11.8 Å². The second-order valence-electron chi connectivity index (χ2n) is 6.51. The van der Waals surface area contributed by atoms with Gasteiger partial charge in [0.25, 0.3) is 5.91 Å². The van der Waals surface area contributed by atoms with Crippen molar-refractivity contribution in [2.75, 3.05) is 26.2 Å². The molecule has 1 aliphatic heterocycles. The fraction of sp³-hybridized carbons (Fsp3) is 0.500. The topological polar surface area (TPSA) is 92.2 Å². The lowest BCUT2D eigenvalue weighted by Gasteiger charge is -2.40. The maximum atomic E-state index is 12.4. The minimum atomic E-state index is -0.285. The molecule has 1 amide bonds. The summed E-state index contributed by atoms with van der Waals surface area (Å²) in [4.78, 5) is 33.4. The van der Waals surface area contributed by atoms with Crippen LogP contribution in [0.1, 0.15) is 34.8 Å². The fourth-order valence-electron chi connectivity index (χ4n) is 3.41. The zero-order valence-electron chi connectivity index (χ0n) is 15.4. The number of pyridine rings is 1. The zero-order chi connectivity index (χ0) is 18.7. The number of hydrogen-bond donors (Lipinski definition) is 2. The predicted molar refractivity (Wildman–Crippen MR) is 97.1 cm³/mol. The summed E-state index contributed by atoms with van der Waals surface area (Å²) >= 11 is 0. The summed E-state index contributed by atoms with van der Waals surface area (Å²) in [6, 6.07) is 2.93. The van der Waals surface area contributed by atoms with E-state index < -0.39 is 0 Å². The van der Waals surface area contributed by atoms with Crippen LogP contribution in [0.25, 0.3) is 0 Å². The molecule has 0 unspecified atom stereocenters. The number of imidazole rings is 1. The lowest BCUT2D eigenvalue weighted by atomic mass is 10.1. The molecule has 2 atom stereocenters. The zero-order valence-corrected chi connectivity index (χ0v) is 15.4. The van der Waals surface area contributed by atoms with Gasteiger partial charge in [-0.2, -0.15) is 0 Å². The Hall–Kier alpha value is -2.45. The number of aromatic amines is 1. The maximum absolute atomic E-state index is 12.4. The smallest absolute Gasteiger partial charge is 0.251 e. The van der Waals surface area contributed by atoms with Gasteiger partial charge >= 0.3 is 0 Å². The first-order chi connectivity index (χ1) is 12.5. The van der Waals surface area contributed by atoms with Gasteiger partial charge in [-0.15, -0.1) is 0 Å². The van der Waals surface area contributed by atoms with E-state index in [0.29, 0.717) is 24.4 Å². The molecule has 1 saturated heterocycles. The van der Waals surface area contributed by atoms with Crippen LogP contribution in [0.2, 0.25) is 0 Å². The largest absolute Gasteiger partial charge is 0.373 e. The van der Waals surface area contributed by atoms with E-state index in [0.717, 1.165) is 18.9 Å². The van der Waals surface area contributed by atoms with Crippen LogP contribution in [0, 0.1) is 6.92 Å². The second kappa shape index (κ2) is 7.84. The van der Waals surface area contributed by atoms with Gasteiger partial charge in [-0.05, 0) is 19.5 Å². The van der Waals surface area contributed by atoms with E-state index in [1.807, 2.05) is 17.8 Å². The average molecular weight is 359 g/mol. The quantitative estimate of drug-likeness (QED) is 0.816. The second-order valence-corrected chi connectivity index (χ2v) is 6.51. The monoisotopic (exact) mass is 359 g/mol. The van der Waals surface area contributed by atoms with E-state index in [9.17, 15) is 9.59 Å². The van der Waals surface area contributed by atoms with Crippen molar-refractivity contribution in [2.24, 2.45) is 7.05 Å². The summed E-state index contributed by atoms with van der Waals surface area (Å²) in [5.74, 6) is 0.632. The van der Waals surface area contributed by atoms with Crippen LogP contribution in [0.3, 0.4) is 0 Å². The van der Waals surface area contributed by atoms with Gasteiger partial charge in [0.1, 0.15) is 5.82 Å². The van der Waals surface area contributed by atoms with Crippen LogP contribution >= 0.6 is 0 Å². The molecule has 2 N–H and O–H groups in total. The molecule has 3 rings (SSSR count). The van der Waals surface area contributed by atoms with E-state index in [4.69, 9.17) is 4.74 Å². The number of morpholine rings is 1. The lowest BCUT2D eigenvalue weighted by molar-refractivity contribution is -0.0720. The third-order valence-electron chi connectivity index (χ3n) is 4.69. The number of aryl methyl sites for hydroxylation is 2. The number of amides is 1. The van der Waals surface area contributed by atoms with Crippen LogP contribution in [0.4, 0.5) is 0 Å². The van der Waals surface area contributed by atoms with E-state index in [1.165, 1.54) is 6.07 Å². The number of rotatable bonds is 5. The summed E-state index contributed by atoms with van der Waals surface area (Å²) in [7, 11) is 1.96. The molecule has 8 heteroatoms. The van der Waals surface area contributed by atoms with Gasteiger partial charge in [0.2, 0.25) is 5.56 Å². The van der Waals surface area contributed by atoms with Crippen molar-refractivity contribution in [1.29, 1.82) is 0 Å². The van der Waals surface area contributed by atoms with Gasteiger partial charge in [-0.25, -0.2) is 4.98 Å². The number of ether oxygens (including phenoxy) is 1. The molecule has 0 saturated carbocycles. The van der Waals surface area contributed by atoms with Gasteiger partial charge in [0.15, 0.2) is 0 Å². The first-order valence-corrected chi connectivity index (χ1v) is 8.81. The Balaban J connectivity index is 1.75. The molecule has 2 aromatic heterocycles. The molecule has 0 aromatic carbocycles. The van der Waals surface area contributed by atoms with Crippen LogP contribution in [0.15, 0.2) is 29.3 Å². The van der Waals surface area contributed by atoms with Crippen LogP contribution in [0.5, 0.6) is 0 Å². The first-order valence-electron chi connectivity index (χ1n) is 8.81. The molecule has 0 aliphatic carbocycles. The SMILES string of the molecule is CCN1CCO[C@@H](CNC(=O)c2cc(C)[nH]c(=O)c2)[C@@H]1c1nccn1C. The summed E-state index contributed by atoms with van der Waals surface area (Å²) in [5.41, 5.74) is 0.717. The maximum Gasteiger partial charge on any atom is 0.251 e. The number of H-pyrrole nitrogens is 1. The number of carbonyl (C=O) groups is 1. The van der Waals surface area contributed by atoms with Crippen molar-refractivity contribution < 1.29 is 9.53 Å². The molecule has 1 aliphatic rings. The summed E-state index contributed by atoms with van der Waals surface area (Å²) in [6.07, 6.45) is 3.47. The highest BCUT2D eigenvalue weighted by Gasteiger charge is 2.35. The molecule has 140 valence electrons. The minimum Gasteiger partial charge on any atom is -0.373 e. The molecule has 0 bridgehead atoms. The molecular formula is C18H25N5O3. The molecule has 1 fully saturated rings.